The second-order valence-electron chi connectivity index (χ2n) is 8.24. The monoisotopic (exact) mass is 481 g/mol. The lowest BCUT2D eigenvalue weighted by Gasteiger charge is -2.23. The van der Waals surface area contributed by atoms with Crippen molar-refractivity contribution in [3.05, 3.63) is 67.6 Å². The predicted octanol–water partition coefficient (Wildman–Crippen LogP) is 2.06. The van der Waals surface area contributed by atoms with Crippen LogP contribution in [0.1, 0.15) is 30.4 Å². The van der Waals surface area contributed by atoms with E-state index in [1.807, 2.05) is 0 Å². The Hall–Kier alpha value is -2.75. The number of fused-ring (bicyclic) bond motifs is 1. The fourth-order valence-corrected chi connectivity index (χ4v) is 4.88. The Bertz CT molecular complexity index is 1320. The fourth-order valence-electron chi connectivity index (χ4n) is 4.47. The van der Waals surface area contributed by atoms with E-state index in [0.29, 0.717) is 17.8 Å². The summed E-state index contributed by atoms with van der Waals surface area (Å²) in [4.78, 5) is 27.0. The van der Waals surface area contributed by atoms with E-state index in [1.54, 1.807) is 29.2 Å². The molecular weight excluding hydrogens is 460 g/mol. The fraction of sp³-hybridized carbons (Fsp3) is 0.333. The highest BCUT2D eigenvalue weighted by molar-refractivity contribution is 6.38. The van der Waals surface area contributed by atoms with E-state index in [0.717, 1.165) is 24.5 Å². The molecule has 11 heteroatoms. The third kappa shape index (κ3) is 3.41. The molecule has 1 saturated heterocycles. The first-order valence-corrected chi connectivity index (χ1v) is 10.4. The summed E-state index contributed by atoms with van der Waals surface area (Å²) in [5, 5.41) is 9.52. The molecule has 5 rings (SSSR count). The van der Waals surface area contributed by atoms with Crippen molar-refractivity contribution in [1.82, 2.24) is 9.24 Å². The zero-order valence-corrected chi connectivity index (χ0v) is 18.4. The number of nitrogen functional groups attached to an aromatic ring is 1. The minimum absolute atomic E-state index is 0. The van der Waals surface area contributed by atoms with Crippen LogP contribution < -0.4 is 27.7 Å². The number of phenols is 1. The summed E-state index contributed by atoms with van der Waals surface area (Å²) < 4.78 is 17.1. The summed E-state index contributed by atoms with van der Waals surface area (Å²) in [5.74, 6) is 5.02. The standard InChI is InChI=1S/C21H21ClFN5O3.ClH/c22-17-18-13(20(30)28(25)21(31)27(18)11-3-4-11)7-15(23)19(17)26-8-14(16(24)9-26)10-1-5-12(29)6-2-10;/h1-2,5-7,11,14,16,29H,3-4,8-9,24-25H2;1H. The number of halogens is 3. The van der Waals surface area contributed by atoms with Crippen LogP contribution in [0.15, 0.2) is 39.9 Å². The zero-order valence-electron chi connectivity index (χ0n) is 16.9. The number of anilines is 1. The van der Waals surface area contributed by atoms with Crippen molar-refractivity contribution in [3.63, 3.8) is 0 Å². The van der Waals surface area contributed by atoms with Gasteiger partial charge in [-0.3, -0.25) is 9.36 Å². The van der Waals surface area contributed by atoms with E-state index in [1.165, 1.54) is 4.57 Å². The van der Waals surface area contributed by atoms with E-state index in [9.17, 15) is 14.7 Å². The molecule has 0 radical (unpaired) electrons. The highest BCUT2D eigenvalue weighted by atomic mass is 35.5. The molecule has 32 heavy (non-hydrogen) atoms. The SMILES string of the molecule is Cl.NC1CN(c2c(F)cc3c(=O)n(N)c(=O)n(C4CC4)c3c2Cl)CC1c1ccc(O)cc1. The van der Waals surface area contributed by atoms with Crippen molar-refractivity contribution < 1.29 is 9.50 Å². The number of aromatic hydroxyl groups is 1. The van der Waals surface area contributed by atoms with Crippen molar-refractivity contribution in [2.75, 3.05) is 23.8 Å². The van der Waals surface area contributed by atoms with Gasteiger partial charge < -0.3 is 21.6 Å². The topological polar surface area (TPSA) is 120 Å². The first kappa shape index (κ1) is 22.4. The molecular formula is C21H22Cl2FN5O3. The largest absolute Gasteiger partial charge is 0.508 e. The second-order valence-corrected chi connectivity index (χ2v) is 8.62. The number of rotatable bonds is 3. The van der Waals surface area contributed by atoms with Gasteiger partial charge in [-0.05, 0) is 36.6 Å². The number of aromatic nitrogens is 2. The average Bonchev–Trinajstić information content (AvgIpc) is 3.50. The summed E-state index contributed by atoms with van der Waals surface area (Å²) in [6, 6.07) is 7.43. The van der Waals surface area contributed by atoms with Gasteiger partial charge in [-0.25, -0.2) is 9.18 Å². The normalized spacial score (nSPS) is 20.5. The van der Waals surface area contributed by atoms with Crippen LogP contribution in [0.2, 0.25) is 5.02 Å². The van der Waals surface area contributed by atoms with Gasteiger partial charge in [0.2, 0.25) is 0 Å². The number of benzene rings is 2. The molecule has 0 spiro atoms. The molecule has 0 bridgehead atoms. The van der Waals surface area contributed by atoms with Gasteiger partial charge in [0.15, 0.2) is 0 Å². The van der Waals surface area contributed by atoms with Crippen molar-refractivity contribution in [2.24, 2.45) is 5.73 Å². The second kappa shape index (κ2) is 7.99. The number of hydrogen-bond donors (Lipinski definition) is 3. The van der Waals surface area contributed by atoms with Crippen molar-refractivity contribution >= 4 is 40.6 Å². The van der Waals surface area contributed by atoms with Crippen LogP contribution in [0.3, 0.4) is 0 Å². The van der Waals surface area contributed by atoms with Gasteiger partial charge in [-0.15, -0.1) is 12.4 Å². The smallest absolute Gasteiger partial charge is 0.350 e. The lowest BCUT2D eigenvalue weighted by atomic mass is 9.95. The van der Waals surface area contributed by atoms with Crippen LogP contribution in [0.4, 0.5) is 10.1 Å². The molecule has 3 aromatic rings. The molecule has 1 saturated carbocycles. The van der Waals surface area contributed by atoms with Gasteiger partial charge in [0, 0.05) is 31.1 Å². The van der Waals surface area contributed by atoms with Crippen LogP contribution in [-0.2, 0) is 0 Å². The maximum Gasteiger partial charge on any atom is 0.350 e. The summed E-state index contributed by atoms with van der Waals surface area (Å²) in [6.45, 7) is 0.741. The number of nitrogens with zero attached hydrogens (tertiary/aromatic N) is 3. The third-order valence-electron chi connectivity index (χ3n) is 6.19. The molecule has 5 N–H and O–H groups in total. The molecule has 2 unspecified atom stereocenters. The van der Waals surface area contributed by atoms with E-state index >= 15 is 4.39 Å². The third-order valence-corrected chi connectivity index (χ3v) is 6.54. The van der Waals surface area contributed by atoms with Crippen LogP contribution in [0, 0.1) is 5.82 Å². The highest BCUT2D eigenvalue weighted by Gasteiger charge is 2.36. The molecule has 1 aliphatic carbocycles. The summed E-state index contributed by atoms with van der Waals surface area (Å²) in [5.41, 5.74) is 6.15. The Morgan fingerprint density at radius 2 is 1.78 bits per heavy atom. The number of nitrogens with two attached hydrogens (primary N) is 2. The van der Waals surface area contributed by atoms with Crippen molar-refractivity contribution in [3.8, 4) is 5.75 Å². The maximum atomic E-state index is 15.2. The van der Waals surface area contributed by atoms with Gasteiger partial charge >= 0.3 is 5.69 Å². The first-order valence-electron chi connectivity index (χ1n) is 10.0. The molecule has 2 atom stereocenters. The molecule has 2 aliphatic rings. The van der Waals surface area contributed by atoms with Crippen molar-refractivity contribution in [1.29, 1.82) is 0 Å². The zero-order chi connectivity index (χ0) is 22.0. The molecule has 2 aromatic carbocycles. The van der Waals surface area contributed by atoms with E-state index in [-0.39, 0.29) is 57.8 Å². The number of hydrogen-bond acceptors (Lipinski definition) is 6. The molecule has 170 valence electrons. The molecule has 2 fully saturated rings. The molecule has 0 amide bonds. The molecule has 2 heterocycles. The first-order chi connectivity index (χ1) is 14.8. The van der Waals surface area contributed by atoms with Crippen LogP contribution in [0.5, 0.6) is 5.75 Å². The van der Waals surface area contributed by atoms with E-state index < -0.39 is 17.1 Å². The van der Waals surface area contributed by atoms with Crippen LogP contribution >= 0.6 is 24.0 Å². The van der Waals surface area contributed by atoms with Gasteiger partial charge in [0.1, 0.15) is 11.6 Å². The summed E-state index contributed by atoms with van der Waals surface area (Å²) in [6.07, 6.45) is 1.52. The Morgan fingerprint density at radius 1 is 1.12 bits per heavy atom. The Morgan fingerprint density at radius 3 is 2.41 bits per heavy atom. The van der Waals surface area contributed by atoms with Crippen molar-refractivity contribution in [2.45, 2.75) is 30.8 Å². The van der Waals surface area contributed by atoms with Gasteiger partial charge in [-0.2, -0.15) is 4.68 Å². The Kier molecular flexibility index (Phi) is 5.60. The summed E-state index contributed by atoms with van der Waals surface area (Å²) in [7, 11) is 0. The average molecular weight is 482 g/mol. The Labute approximate surface area is 193 Å². The molecule has 8 nitrogen and oxygen atoms in total. The minimum Gasteiger partial charge on any atom is -0.508 e. The van der Waals surface area contributed by atoms with E-state index in [4.69, 9.17) is 23.2 Å². The van der Waals surface area contributed by atoms with Gasteiger partial charge in [0.05, 0.1) is 21.6 Å². The molecule has 1 aromatic heterocycles. The van der Waals surface area contributed by atoms with Crippen LogP contribution in [0.25, 0.3) is 10.9 Å². The van der Waals surface area contributed by atoms with Crippen LogP contribution in [-0.4, -0.2) is 33.5 Å². The quantitative estimate of drug-likeness (QED) is 0.492. The van der Waals surface area contributed by atoms with Gasteiger partial charge in [0.25, 0.3) is 5.56 Å². The highest BCUT2D eigenvalue weighted by Crippen LogP contribution is 2.42. The lowest BCUT2D eigenvalue weighted by Crippen LogP contribution is -2.44. The number of phenolic OH excluding ortho intramolecular Hbond substituents is 1. The maximum absolute atomic E-state index is 15.2. The Balaban J connectivity index is 0.00000245. The summed E-state index contributed by atoms with van der Waals surface area (Å²) >= 11 is 6.66. The predicted molar refractivity (Wildman–Crippen MR) is 124 cm³/mol. The molecule has 1 aliphatic heterocycles. The van der Waals surface area contributed by atoms with E-state index in [2.05, 4.69) is 0 Å². The minimum atomic E-state index is -0.788. The van der Waals surface area contributed by atoms with Gasteiger partial charge in [-0.1, -0.05) is 23.7 Å². The lowest BCUT2D eigenvalue weighted by molar-refractivity contribution is 0.474.